The van der Waals surface area contributed by atoms with E-state index in [9.17, 15) is 9.59 Å². The van der Waals surface area contributed by atoms with Crippen LogP contribution in [0.2, 0.25) is 0 Å². The summed E-state index contributed by atoms with van der Waals surface area (Å²) in [4.78, 5) is 23.7. The van der Waals surface area contributed by atoms with Gasteiger partial charge >= 0.3 is 0 Å². The van der Waals surface area contributed by atoms with E-state index in [-0.39, 0.29) is 18.4 Å². The van der Waals surface area contributed by atoms with E-state index < -0.39 is 0 Å². The molecule has 0 aliphatic heterocycles. The van der Waals surface area contributed by atoms with E-state index in [1.807, 2.05) is 50.2 Å². The molecule has 3 N–H and O–H groups in total. The number of benzene rings is 2. The molecular weight excluding hydrogens is 302 g/mol. The van der Waals surface area contributed by atoms with Crippen LogP contribution in [0.5, 0.6) is 0 Å². The second kappa shape index (κ2) is 8.15. The summed E-state index contributed by atoms with van der Waals surface area (Å²) in [5.41, 5.74) is 4.32. The molecule has 0 aromatic heterocycles. The highest BCUT2D eigenvalue weighted by molar-refractivity contribution is 5.97. The van der Waals surface area contributed by atoms with Crippen LogP contribution in [0, 0.1) is 13.8 Å². The molecule has 0 spiro atoms. The Kier molecular flexibility index (Phi) is 5.95. The molecule has 2 aromatic carbocycles. The molecule has 5 heteroatoms. The summed E-state index contributed by atoms with van der Waals surface area (Å²) in [7, 11) is 0. The van der Waals surface area contributed by atoms with Crippen molar-refractivity contribution in [1.29, 1.82) is 0 Å². The van der Waals surface area contributed by atoms with Crippen LogP contribution in [0.1, 0.15) is 24.5 Å². The first-order chi connectivity index (χ1) is 11.5. The predicted molar refractivity (Wildman–Crippen MR) is 98.4 cm³/mol. The van der Waals surface area contributed by atoms with Crippen molar-refractivity contribution in [2.24, 2.45) is 0 Å². The molecule has 5 nitrogen and oxygen atoms in total. The van der Waals surface area contributed by atoms with E-state index in [0.29, 0.717) is 17.8 Å². The smallest absolute Gasteiger partial charge is 0.243 e. The third kappa shape index (κ3) is 4.84. The van der Waals surface area contributed by atoms with Crippen LogP contribution in [0.15, 0.2) is 42.5 Å². The summed E-state index contributed by atoms with van der Waals surface area (Å²) >= 11 is 0. The van der Waals surface area contributed by atoms with Crippen LogP contribution < -0.4 is 16.0 Å². The topological polar surface area (TPSA) is 70.2 Å². The second-order valence-electron chi connectivity index (χ2n) is 5.65. The van der Waals surface area contributed by atoms with Crippen molar-refractivity contribution in [2.45, 2.75) is 27.2 Å². The predicted octanol–water partition coefficient (Wildman–Crippen LogP) is 3.70. The SMILES string of the molecule is CCC(=O)Nc1cccc(NC(=O)CNc2ccc(C)cc2)c1C. The largest absolute Gasteiger partial charge is 0.376 e. The highest BCUT2D eigenvalue weighted by atomic mass is 16.2. The van der Waals surface area contributed by atoms with Crippen LogP contribution in [0.3, 0.4) is 0 Å². The van der Waals surface area contributed by atoms with Gasteiger partial charge in [0.15, 0.2) is 0 Å². The fraction of sp³-hybridized carbons (Fsp3) is 0.263. The number of anilines is 3. The van der Waals surface area contributed by atoms with E-state index in [2.05, 4.69) is 16.0 Å². The molecule has 0 saturated heterocycles. The number of rotatable bonds is 6. The molecule has 0 radical (unpaired) electrons. The Morgan fingerprint density at radius 1 is 0.875 bits per heavy atom. The average Bonchev–Trinajstić information content (AvgIpc) is 2.58. The first-order valence-electron chi connectivity index (χ1n) is 7.99. The minimum Gasteiger partial charge on any atom is -0.376 e. The Bertz CT molecular complexity index is 724. The van der Waals surface area contributed by atoms with Gasteiger partial charge in [0.1, 0.15) is 0 Å². The number of carbonyl (C=O) groups excluding carboxylic acids is 2. The lowest BCUT2D eigenvalue weighted by molar-refractivity contribution is -0.116. The molecule has 0 bridgehead atoms. The molecule has 24 heavy (non-hydrogen) atoms. The Morgan fingerprint density at radius 2 is 1.46 bits per heavy atom. The first kappa shape index (κ1) is 17.5. The van der Waals surface area contributed by atoms with Gasteiger partial charge < -0.3 is 16.0 Å². The van der Waals surface area contributed by atoms with Crippen molar-refractivity contribution >= 4 is 28.9 Å². The first-order valence-corrected chi connectivity index (χ1v) is 7.99. The lowest BCUT2D eigenvalue weighted by Crippen LogP contribution is -2.22. The van der Waals surface area contributed by atoms with Gasteiger partial charge in [0.25, 0.3) is 0 Å². The fourth-order valence-electron chi connectivity index (χ4n) is 2.19. The molecule has 0 heterocycles. The molecule has 2 aromatic rings. The van der Waals surface area contributed by atoms with Gasteiger partial charge in [-0.3, -0.25) is 9.59 Å². The van der Waals surface area contributed by atoms with E-state index in [1.54, 1.807) is 13.0 Å². The maximum absolute atomic E-state index is 12.1. The number of hydrogen-bond donors (Lipinski definition) is 3. The van der Waals surface area contributed by atoms with Crippen molar-refractivity contribution in [2.75, 3.05) is 22.5 Å². The Balaban J connectivity index is 1.97. The van der Waals surface area contributed by atoms with Crippen LogP contribution >= 0.6 is 0 Å². The Morgan fingerprint density at radius 3 is 2.04 bits per heavy atom. The Labute approximate surface area is 142 Å². The minimum absolute atomic E-state index is 0.0531. The van der Waals surface area contributed by atoms with Crippen molar-refractivity contribution in [3.8, 4) is 0 Å². The minimum atomic E-state index is -0.141. The van der Waals surface area contributed by atoms with Crippen molar-refractivity contribution in [1.82, 2.24) is 0 Å². The number of carbonyl (C=O) groups is 2. The number of amides is 2. The number of aryl methyl sites for hydroxylation is 1. The normalized spacial score (nSPS) is 10.1. The Hall–Kier alpha value is -2.82. The number of hydrogen-bond acceptors (Lipinski definition) is 3. The molecular formula is C19H23N3O2. The molecule has 0 aliphatic carbocycles. The van der Waals surface area contributed by atoms with Gasteiger partial charge in [0.05, 0.1) is 6.54 Å². The van der Waals surface area contributed by atoms with Crippen molar-refractivity contribution in [3.05, 3.63) is 53.6 Å². The highest BCUT2D eigenvalue weighted by Gasteiger charge is 2.09. The monoisotopic (exact) mass is 325 g/mol. The second-order valence-corrected chi connectivity index (χ2v) is 5.65. The molecule has 0 aliphatic rings. The zero-order chi connectivity index (χ0) is 17.5. The van der Waals surface area contributed by atoms with Gasteiger partial charge in [-0.2, -0.15) is 0 Å². The van der Waals surface area contributed by atoms with E-state index in [0.717, 1.165) is 11.3 Å². The van der Waals surface area contributed by atoms with E-state index >= 15 is 0 Å². The lowest BCUT2D eigenvalue weighted by atomic mass is 10.1. The summed E-state index contributed by atoms with van der Waals surface area (Å²) in [6.07, 6.45) is 0.413. The maximum Gasteiger partial charge on any atom is 0.243 e. The summed E-state index contributed by atoms with van der Waals surface area (Å²) in [6.45, 7) is 5.86. The molecule has 126 valence electrons. The third-order valence-electron chi connectivity index (χ3n) is 3.71. The van der Waals surface area contributed by atoms with Crippen LogP contribution in [0.25, 0.3) is 0 Å². The van der Waals surface area contributed by atoms with Crippen LogP contribution in [-0.4, -0.2) is 18.4 Å². The molecule has 0 fully saturated rings. The summed E-state index contributed by atoms with van der Waals surface area (Å²) < 4.78 is 0. The van der Waals surface area contributed by atoms with Gasteiger partial charge in [0.2, 0.25) is 11.8 Å². The molecule has 2 amide bonds. The molecule has 2 rings (SSSR count). The van der Waals surface area contributed by atoms with Crippen LogP contribution in [-0.2, 0) is 9.59 Å². The van der Waals surface area contributed by atoms with Crippen molar-refractivity contribution < 1.29 is 9.59 Å². The highest BCUT2D eigenvalue weighted by Crippen LogP contribution is 2.23. The summed E-state index contributed by atoms with van der Waals surface area (Å²) in [5, 5.41) is 8.79. The molecule has 0 saturated carbocycles. The van der Waals surface area contributed by atoms with Gasteiger partial charge in [-0.05, 0) is 43.7 Å². The fourth-order valence-corrected chi connectivity index (χ4v) is 2.19. The quantitative estimate of drug-likeness (QED) is 0.758. The summed E-state index contributed by atoms with van der Waals surface area (Å²) in [5.74, 6) is -0.194. The van der Waals surface area contributed by atoms with Crippen molar-refractivity contribution in [3.63, 3.8) is 0 Å². The van der Waals surface area contributed by atoms with Gasteiger partial charge in [-0.25, -0.2) is 0 Å². The zero-order valence-electron chi connectivity index (χ0n) is 14.3. The van der Waals surface area contributed by atoms with E-state index in [4.69, 9.17) is 0 Å². The lowest BCUT2D eigenvalue weighted by Gasteiger charge is -2.13. The molecule has 0 atom stereocenters. The standard InChI is InChI=1S/C19H23N3O2/c1-4-18(23)21-16-6-5-7-17(14(16)3)22-19(24)12-20-15-10-8-13(2)9-11-15/h5-11,20H,4,12H2,1-3H3,(H,21,23)(H,22,24). The maximum atomic E-state index is 12.1. The third-order valence-corrected chi connectivity index (χ3v) is 3.71. The van der Waals surface area contributed by atoms with E-state index in [1.165, 1.54) is 5.56 Å². The zero-order valence-corrected chi connectivity index (χ0v) is 14.3. The van der Waals surface area contributed by atoms with Gasteiger partial charge in [0, 0.05) is 23.5 Å². The number of nitrogens with one attached hydrogen (secondary N) is 3. The van der Waals surface area contributed by atoms with Crippen LogP contribution in [0.4, 0.5) is 17.1 Å². The molecule has 0 unspecified atom stereocenters. The summed E-state index contributed by atoms with van der Waals surface area (Å²) in [6, 6.07) is 13.3. The average molecular weight is 325 g/mol. The van der Waals surface area contributed by atoms with Gasteiger partial charge in [-0.15, -0.1) is 0 Å². The van der Waals surface area contributed by atoms with Gasteiger partial charge in [-0.1, -0.05) is 30.7 Å².